The fourth-order valence-electron chi connectivity index (χ4n) is 2.01. The number of carbonyl (C=O) groups excluding carboxylic acids is 1. The lowest BCUT2D eigenvalue weighted by atomic mass is 10.2. The number of benzene rings is 1. The van der Waals surface area contributed by atoms with Crippen LogP contribution in [0.3, 0.4) is 0 Å². The molecule has 1 amide bonds. The quantitative estimate of drug-likeness (QED) is 0.634. The van der Waals surface area contributed by atoms with Crippen LogP contribution in [0.4, 0.5) is 0 Å². The predicted octanol–water partition coefficient (Wildman–Crippen LogP) is 3.44. The van der Waals surface area contributed by atoms with Crippen LogP contribution in [-0.2, 0) is 0 Å². The Bertz CT molecular complexity index is 717. The third kappa shape index (κ3) is 3.92. The summed E-state index contributed by atoms with van der Waals surface area (Å²) < 4.78 is 0.764. The smallest absolute Gasteiger partial charge is 0.281 e. The topological polar surface area (TPSA) is 70.1 Å². The normalized spacial score (nSPS) is 15.2. The molecule has 5 nitrogen and oxygen atoms in total. The summed E-state index contributed by atoms with van der Waals surface area (Å²) in [4.78, 5) is 11.9. The third-order valence-electron chi connectivity index (χ3n) is 3.31. The number of aromatic amines is 1. The lowest BCUT2D eigenvalue weighted by molar-refractivity contribution is 0.0950. The van der Waals surface area contributed by atoms with Crippen molar-refractivity contribution in [2.75, 3.05) is 0 Å². The van der Waals surface area contributed by atoms with Crippen molar-refractivity contribution in [2.24, 2.45) is 5.10 Å². The summed E-state index contributed by atoms with van der Waals surface area (Å²) in [6.07, 6.45) is 5.78. The van der Waals surface area contributed by atoms with Crippen LogP contribution in [-0.4, -0.2) is 22.3 Å². The monoisotopic (exact) mass is 358 g/mol. The van der Waals surface area contributed by atoms with Crippen molar-refractivity contribution in [3.05, 3.63) is 57.8 Å². The molecular formula is C16H15BrN4O. The summed E-state index contributed by atoms with van der Waals surface area (Å²) >= 11 is 3.39. The molecule has 3 rings (SSSR count). The van der Waals surface area contributed by atoms with Gasteiger partial charge in [-0.2, -0.15) is 10.2 Å². The molecule has 2 aromatic rings. The molecule has 1 heterocycles. The molecular weight excluding hydrogens is 344 g/mol. The van der Waals surface area contributed by atoms with Crippen LogP contribution in [0.25, 0.3) is 6.08 Å². The minimum atomic E-state index is -0.320. The number of amides is 1. The Hall–Kier alpha value is -2.21. The van der Waals surface area contributed by atoms with Crippen LogP contribution in [0.5, 0.6) is 0 Å². The van der Waals surface area contributed by atoms with Gasteiger partial charge in [0.05, 0.1) is 6.21 Å². The van der Waals surface area contributed by atoms with Crippen LogP contribution < -0.4 is 5.43 Å². The molecule has 2 N–H and O–H groups in total. The summed E-state index contributed by atoms with van der Waals surface area (Å²) in [7, 11) is 0. The molecule has 6 heteroatoms. The first-order valence-electron chi connectivity index (χ1n) is 7.03. The molecule has 1 aromatic heterocycles. The Morgan fingerprint density at radius 2 is 2.14 bits per heavy atom. The molecule has 22 heavy (non-hydrogen) atoms. The predicted molar refractivity (Wildman–Crippen MR) is 89.9 cm³/mol. The van der Waals surface area contributed by atoms with Crippen LogP contribution in [0.15, 0.2) is 46.0 Å². The molecule has 0 radical (unpaired) electrons. The van der Waals surface area contributed by atoms with Crippen molar-refractivity contribution in [1.29, 1.82) is 0 Å². The number of aromatic nitrogens is 2. The SMILES string of the molecule is O=C(N/N=C\C(Br)=Cc1ccccc1)c1cc(C2CC2)[nH]n1. The third-order valence-corrected chi connectivity index (χ3v) is 3.74. The minimum absolute atomic E-state index is 0.320. The molecule has 1 aliphatic rings. The van der Waals surface area contributed by atoms with Crippen molar-refractivity contribution in [1.82, 2.24) is 15.6 Å². The number of halogens is 1. The number of H-pyrrole nitrogens is 1. The van der Waals surface area contributed by atoms with Crippen LogP contribution in [0.2, 0.25) is 0 Å². The maximum absolute atomic E-state index is 11.9. The van der Waals surface area contributed by atoms with Crippen LogP contribution in [0.1, 0.15) is 40.5 Å². The number of nitrogens with zero attached hydrogens (tertiary/aromatic N) is 2. The summed E-state index contributed by atoms with van der Waals surface area (Å²) in [5, 5.41) is 10.8. The van der Waals surface area contributed by atoms with E-state index in [9.17, 15) is 4.79 Å². The molecule has 0 atom stereocenters. The van der Waals surface area contributed by atoms with Crippen molar-refractivity contribution in [2.45, 2.75) is 18.8 Å². The number of allylic oxidation sites excluding steroid dienone is 1. The summed E-state index contributed by atoms with van der Waals surface area (Å²) in [5.74, 6) is 0.222. The van der Waals surface area contributed by atoms with Gasteiger partial charge in [0.2, 0.25) is 0 Å². The molecule has 0 spiro atoms. The second-order valence-corrected chi connectivity index (χ2v) is 6.04. The number of hydrazone groups is 1. The highest BCUT2D eigenvalue weighted by molar-refractivity contribution is 9.12. The zero-order chi connectivity index (χ0) is 15.4. The van der Waals surface area contributed by atoms with E-state index < -0.39 is 0 Å². The lowest BCUT2D eigenvalue weighted by Crippen LogP contribution is -2.17. The second-order valence-electron chi connectivity index (χ2n) is 5.12. The Kier molecular flexibility index (Phi) is 4.48. The number of carbonyl (C=O) groups is 1. The molecule has 1 fully saturated rings. The molecule has 0 saturated heterocycles. The first-order valence-corrected chi connectivity index (χ1v) is 7.82. The maximum Gasteiger partial charge on any atom is 0.291 e. The van der Waals surface area contributed by atoms with E-state index in [1.54, 1.807) is 12.3 Å². The number of rotatable bonds is 5. The van der Waals surface area contributed by atoms with E-state index >= 15 is 0 Å². The van der Waals surface area contributed by atoms with Gasteiger partial charge in [-0.15, -0.1) is 0 Å². The number of hydrogen-bond acceptors (Lipinski definition) is 3. The fourth-order valence-corrected chi connectivity index (χ4v) is 2.38. The highest BCUT2D eigenvalue weighted by atomic mass is 79.9. The molecule has 1 aliphatic carbocycles. The Balaban J connectivity index is 1.56. The Labute approximate surface area is 136 Å². The van der Waals surface area contributed by atoms with Crippen LogP contribution >= 0.6 is 15.9 Å². The van der Waals surface area contributed by atoms with E-state index in [0.29, 0.717) is 11.6 Å². The van der Waals surface area contributed by atoms with Gasteiger partial charge in [0.25, 0.3) is 5.91 Å². The first kappa shape index (κ1) is 14.7. The highest BCUT2D eigenvalue weighted by Gasteiger charge is 2.26. The summed E-state index contributed by atoms with van der Waals surface area (Å²) in [6.45, 7) is 0. The van der Waals surface area contributed by atoms with Gasteiger partial charge in [0.15, 0.2) is 5.69 Å². The van der Waals surface area contributed by atoms with E-state index in [-0.39, 0.29) is 5.91 Å². The molecule has 112 valence electrons. The van der Waals surface area contributed by atoms with Gasteiger partial charge < -0.3 is 0 Å². The minimum Gasteiger partial charge on any atom is -0.281 e. The summed E-state index contributed by atoms with van der Waals surface area (Å²) in [5.41, 5.74) is 4.91. The Morgan fingerprint density at radius 3 is 2.86 bits per heavy atom. The van der Waals surface area contributed by atoms with Crippen molar-refractivity contribution < 1.29 is 4.79 Å². The van der Waals surface area contributed by atoms with Gasteiger partial charge in [-0.3, -0.25) is 9.89 Å². The zero-order valence-corrected chi connectivity index (χ0v) is 13.4. The lowest BCUT2D eigenvalue weighted by Gasteiger charge is -1.95. The van der Waals surface area contributed by atoms with Crippen molar-refractivity contribution >= 4 is 34.1 Å². The molecule has 0 bridgehead atoms. The standard InChI is InChI=1S/C16H15BrN4O/c17-13(8-11-4-2-1-3-5-11)10-18-21-16(22)15-9-14(19-20-15)12-6-7-12/h1-5,8-10,12H,6-7H2,(H,19,20)(H,21,22)/b13-8?,18-10-. The van der Waals surface area contributed by atoms with Gasteiger partial charge >= 0.3 is 0 Å². The van der Waals surface area contributed by atoms with E-state index in [0.717, 1.165) is 15.7 Å². The molecule has 0 aliphatic heterocycles. The van der Waals surface area contributed by atoms with Crippen molar-refractivity contribution in [3.63, 3.8) is 0 Å². The van der Waals surface area contributed by atoms with Crippen molar-refractivity contribution in [3.8, 4) is 0 Å². The number of hydrogen-bond donors (Lipinski definition) is 2. The summed E-state index contributed by atoms with van der Waals surface area (Å²) in [6, 6.07) is 11.6. The molecule has 1 saturated carbocycles. The largest absolute Gasteiger partial charge is 0.291 e. The highest BCUT2D eigenvalue weighted by Crippen LogP contribution is 2.38. The van der Waals surface area contributed by atoms with Crippen LogP contribution in [0, 0.1) is 0 Å². The van der Waals surface area contributed by atoms with E-state index in [1.165, 1.54) is 12.8 Å². The Morgan fingerprint density at radius 1 is 1.36 bits per heavy atom. The zero-order valence-electron chi connectivity index (χ0n) is 11.8. The van der Waals surface area contributed by atoms with Gasteiger partial charge in [-0.1, -0.05) is 30.3 Å². The van der Waals surface area contributed by atoms with E-state index in [4.69, 9.17) is 0 Å². The number of nitrogens with one attached hydrogen (secondary N) is 2. The van der Waals surface area contributed by atoms with E-state index in [2.05, 4.69) is 36.7 Å². The average molecular weight is 359 g/mol. The van der Waals surface area contributed by atoms with Gasteiger partial charge in [-0.05, 0) is 46.5 Å². The fraction of sp³-hybridized carbons (Fsp3) is 0.188. The second kappa shape index (κ2) is 6.70. The van der Waals surface area contributed by atoms with Gasteiger partial charge in [0, 0.05) is 16.1 Å². The van der Waals surface area contributed by atoms with E-state index in [1.807, 2.05) is 36.4 Å². The van der Waals surface area contributed by atoms with Gasteiger partial charge in [-0.25, -0.2) is 5.43 Å². The first-order chi connectivity index (χ1) is 10.7. The molecule has 0 unspecified atom stereocenters. The van der Waals surface area contributed by atoms with Gasteiger partial charge in [0.1, 0.15) is 0 Å². The average Bonchev–Trinajstić information content (AvgIpc) is 3.25. The molecule has 1 aromatic carbocycles. The maximum atomic E-state index is 11.9.